The molecule has 8 aliphatic carbocycles. The largest absolute Gasteiger partial charge is 0.0651 e. The Morgan fingerprint density at radius 1 is 0.531 bits per heavy atom. The summed E-state index contributed by atoms with van der Waals surface area (Å²) in [5.41, 5.74) is 1.69. The highest BCUT2D eigenvalue weighted by molar-refractivity contribution is 5.21. The molecule has 1 spiro atoms. The minimum Gasteiger partial charge on any atom is -0.0651 e. The van der Waals surface area contributed by atoms with Gasteiger partial charge in [-0.25, -0.2) is 0 Å². The Labute approximate surface area is 306 Å². The van der Waals surface area contributed by atoms with Crippen molar-refractivity contribution in [2.24, 2.45) is 117 Å². The maximum absolute atomic E-state index is 2.84. The number of hydrogen-bond donors (Lipinski definition) is 0. The molecule has 0 amide bonds. The standard InChI is InChI=1S/C49H84/c1-10-30(11-2)34-24-35(31(12-3)13-4)29-49(28-34)41-23-22-40-44(38-25-32-18-14-15-19-33(32)26-43(38)48(40,8)9)45(41)39-27-42(47(5,6)7)36-20-16-17-21-37(36)46(39)49/h30-46H,10-29H2,1-9H3. The fourth-order valence-electron chi connectivity index (χ4n) is 18.8. The van der Waals surface area contributed by atoms with Crippen molar-refractivity contribution in [3.8, 4) is 0 Å². The third-order valence-corrected chi connectivity index (χ3v) is 20.5. The van der Waals surface area contributed by atoms with E-state index in [9.17, 15) is 0 Å². The summed E-state index contributed by atoms with van der Waals surface area (Å²) in [7, 11) is 0. The first-order chi connectivity index (χ1) is 23.5. The second-order valence-corrected chi connectivity index (χ2v) is 22.9. The highest BCUT2D eigenvalue weighted by atomic mass is 14.8. The summed E-state index contributed by atoms with van der Waals surface area (Å²) in [5, 5.41) is 0. The van der Waals surface area contributed by atoms with E-state index in [-0.39, 0.29) is 0 Å². The van der Waals surface area contributed by atoms with Gasteiger partial charge in [-0.2, -0.15) is 0 Å². The molecule has 0 aromatic rings. The zero-order valence-electron chi connectivity index (χ0n) is 34.5. The Hall–Kier alpha value is 0. The lowest BCUT2D eigenvalue weighted by atomic mass is 9.45. The lowest BCUT2D eigenvalue weighted by molar-refractivity contribution is -0.106. The van der Waals surface area contributed by atoms with Crippen molar-refractivity contribution in [1.29, 1.82) is 0 Å². The second kappa shape index (κ2) is 13.4. The molecular formula is C49H84. The molecule has 280 valence electrons. The molecule has 0 saturated heterocycles. The first kappa shape index (κ1) is 36.0. The van der Waals surface area contributed by atoms with Crippen LogP contribution in [0.15, 0.2) is 0 Å². The van der Waals surface area contributed by atoms with Crippen LogP contribution < -0.4 is 0 Å². The van der Waals surface area contributed by atoms with Gasteiger partial charge in [0.15, 0.2) is 0 Å². The average molecular weight is 673 g/mol. The molecule has 0 aromatic carbocycles. The molecule has 8 rings (SSSR count). The van der Waals surface area contributed by atoms with Crippen LogP contribution in [0.5, 0.6) is 0 Å². The van der Waals surface area contributed by atoms with Crippen molar-refractivity contribution in [2.45, 2.75) is 191 Å². The molecule has 0 bridgehead atoms. The van der Waals surface area contributed by atoms with E-state index in [0.29, 0.717) is 16.2 Å². The van der Waals surface area contributed by atoms with Crippen LogP contribution >= 0.6 is 0 Å². The monoisotopic (exact) mass is 673 g/mol. The normalized spacial score (nSPS) is 50.4. The van der Waals surface area contributed by atoms with Crippen molar-refractivity contribution in [3.05, 3.63) is 0 Å². The van der Waals surface area contributed by atoms with Gasteiger partial charge in [0, 0.05) is 0 Å². The van der Waals surface area contributed by atoms with E-state index >= 15 is 0 Å². The summed E-state index contributed by atoms with van der Waals surface area (Å²) in [4.78, 5) is 0. The second-order valence-electron chi connectivity index (χ2n) is 22.9. The van der Waals surface area contributed by atoms with Crippen LogP contribution in [0.3, 0.4) is 0 Å². The number of rotatable bonds is 6. The molecule has 0 aromatic heterocycles. The highest BCUT2D eigenvalue weighted by Crippen LogP contribution is 2.79. The van der Waals surface area contributed by atoms with Gasteiger partial charge in [-0.1, -0.05) is 127 Å². The van der Waals surface area contributed by atoms with Gasteiger partial charge >= 0.3 is 0 Å². The molecule has 8 fully saturated rings. The highest BCUT2D eigenvalue weighted by Gasteiger charge is 2.72. The van der Waals surface area contributed by atoms with Gasteiger partial charge in [-0.3, -0.25) is 0 Å². The predicted octanol–water partition coefficient (Wildman–Crippen LogP) is 14.5. The third-order valence-electron chi connectivity index (χ3n) is 20.5. The first-order valence-corrected chi connectivity index (χ1v) is 23.5. The Morgan fingerprint density at radius 3 is 1.65 bits per heavy atom. The van der Waals surface area contributed by atoms with Gasteiger partial charge < -0.3 is 0 Å². The Morgan fingerprint density at radius 2 is 1.06 bits per heavy atom. The zero-order chi connectivity index (χ0) is 34.5. The Balaban J connectivity index is 1.27. The maximum Gasteiger partial charge on any atom is -0.0227 e. The minimum atomic E-state index is 0.463. The molecule has 0 aliphatic heterocycles. The molecule has 49 heavy (non-hydrogen) atoms. The fraction of sp³-hybridized carbons (Fsp3) is 1.00. The van der Waals surface area contributed by atoms with Crippen molar-refractivity contribution in [1.82, 2.24) is 0 Å². The van der Waals surface area contributed by atoms with Gasteiger partial charge in [0.05, 0.1) is 0 Å². The third kappa shape index (κ3) is 5.57. The summed E-state index contributed by atoms with van der Waals surface area (Å²) in [6, 6.07) is 0. The van der Waals surface area contributed by atoms with E-state index in [4.69, 9.17) is 0 Å². The minimum absolute atomic E-state index is 0.463. The molecule has 8 aliphatic rings. The Kier molecular flexibility index (Phi) is 9.83. The quantitative estimate of drug-likeness (QED) is 0.263. The molecule has 8 saturated carbocycles. The summed E-state index contributed by atoms with van der Waals surface area (Å²) < 4.78 is 0. The van der Waals surface area contributed by atoms with E-state index in [1.807, 2.05) is 0 Å². The summed E-state index contributed by atoms with van der Waals surface area (Å²) in [6.07, 6.45) is 31.2. The van der Waals surface area contributed by atoms with Crippen LogP contribution in [0.2, 0.25) is 0 Å². The number of fused-ring (bicyclic) bond motifs is 12. The first-order valence-electron chi connectivity index (χ1n) is 23.5. The predicted molar refractivity (Wildman–Crippen MR) is 210 cm³/mol. The summed E-state index contributed by atoms with van der Waals surface area (Å²) in [5.74, 6) is 17.5. The average Bonchev–Trinajstić information content (AvgIpc) is 3.48. The van der Waals surface area contributed by atoms with E-state index < -0.39 is 0 Å². The fourth-order valence-corrected chi connectivity index (χ4v) is 18.8. The summed E-state index contributed by atoms with van der Waals surface area (Å²) in [6.45, 7) is 24.0. The van der Waals surface area contributed by atoms with Gasteiger partial charge in [0.2, 0.25) is 0 Å². The van der Waals surface area contributed by atoms with Gasteiger partial charge in [-0.05, 0) is 181 Å². The smallest absolute Gasteiger partial charge is 0.0227 e. The molecule has 0 nitrogen and oxygen atoms in total. The van der Waals surface area contributed by atoms with Gasteiger partial charge in [0.25, 0.3) is 0 Å². The van der Waals surface area contributed by atoms with E-state index in [1.54, 1.807) is 89.9 Å². The van der Waals surface area contributed by atoms with Crippen LogP contribution in [-0.4, -0.2) is 0 Å². The molecule has 0 heteroatoms. The maximum atomic E-state index is 2.84. The van der Waals surface area contributed by atoms with Crippen LogP contribution in [-0.2, 0) is 0 Å². The topological polar surface area (TPSA) is 0 Å². The van der Waals surface area contributed by atoms with Crippen molar-refractivity contribution in [2.75, 3.05) is 0 Å². The number of hydrogen-bond acceptors (Lipinski definition) is 0. The molecule has 0 N–H and O–H groups in total. The van der Waals surface area contributed by atoms with Gasteiger partial charge in [-0.15, -0.1) is 0 Å². The van der Waals surface area contributed by atoms with Crippen LogP contribution in [0.1, 0.15) is 191 Å². The van der Waals surface area contributed by atoms with Crippen LogP contribution in [0.25, 0.3) is 0 Å². The molecule has 0 radical (unpaired) electrons. The van der Waals surface area contributed by atoms with E-state index in [1.165, 1.54) is 38.5 Å². The lowest BCUT2D eigenvalue weighted by Gasteiger charge is -2.59. The van der Waals surface area contributed by atoms with E-state index in [0.717, 1.165) is 101 Å². The molecule has 0 heterocycles. The van der Waals surface area contributed by atoms with Crippen molar-refractivity contribution in [3.63, 3.8) is 0 Å². The van der Waals surface area contributed by atoms with Gasteiger partial charge in [0.1, 0.15) is 0 Å². The van der Waals surface area contributed by atoms with Crippen molar-refractivity contribution >= 4 is 0 Å². The van der Waals surface area contributed by atoms with E-state index in [2.05, 4.69) is 62.3 Å². The van der Waals surface area contributed by atoms with Crippen molar-refractivity contribution < 1.29 is 0 Å². The summed E-state index contributed by atoms with van der Waals surface area (Å²) >= 11 is 0. The molecule has 15 atom stereocenters. The Bertz CT molecular complexity index is 1110. The van der Waals surface area contributed by atoms with Crippen LogP contribution in [0.4, 0.5) is 0 Å². The SMILES string of the molecule is CCC(CC)C1CC(C(CC)CC)CC2(C1)C1CCC3C(C4CC5CCCCC5CC4C3(C)C)C1C1CC(C(C)(C)C)C3CCCCC3C12. The molecule has 15 unspecified atom stereocenters. The zero-order valence-corrected chi connectivity index (χ0v) is 34.5. The van der Waals surface area contributed by atoms with Crippen LogP contribution in [0, 0.1) is 117 Å². The lowest BCUT2D eigenvalue weighted by Crippen LogP contribution is -2.52. The molecular weight excluding hydrogens is 589 g/mol.